The highest BCUT2D eigenvalue weighted by molar-refractivity contribution is 5.96. The molecule has 180 valence electrons. The van der Waals surface area contributed by atoms with Gasteiger partial charge in [0.2, 0.25) is 5.91 Å². The minimum Gasteiger partial charge on any atom is -0.491 e. The average molecular weight is 470 g/mol. The maximum atomic E-state index is 13.0. The lowest BCUT2D eigenvalue weighted by Gasteiger charge is -2.19. The third-order valence-electron chi connectivity index (χ3n) is 6.52. The fourth-order valence-corrected chi connectivity index (χ4v) is 5.00. The number of aryl methyl sites for hydroxylation is 3. The van der Waals surface area contributed by atoms with Crippen LogP contribution >= 0.6 is 0 Å². The summed E-state index contributed by atoms with van der Waals surface area (Å²) in [6.07, 6.45) is -0.330. The Bertz CT molecular complexity index is 1360. The van der Waals surface area contributed by atoms with Crippen LogP contribution in [0.25, 0.3) is 11.0 Å². The summed E-state index contributed by atoms with van der Waals surface area (Å²) in [5.41, 5.74) is 6.11. The van der Waals surface area contributed by atoms with Gasteiger partial charge in [0.15, 0.2) is 0 Å². The number of aliphatic hydroxyl groups excluding tert-OH is 1. The molecule has 0 aliphatic carbocycles. The Balaban J connectivity index is 1.38. The van der Waals surface area contributed by atoms with Crippen LogP contribution in [-0.2, 0) is 11.3 Å². The molecule has 5 rings (SSSR count). The van der Waals surface area contributed by atoms with Crippen LogP contribution in [0.2, 0.25) is 0 Å². The maximum absolute atomic E-state index is 13.0. The van der Waals surface area contributed by atoms with Gasteiger partial charge in [0.1, 0.15) is 24.3 Å². The van der Waals surface area contributed by atoms with Crippen molar-refractivity contribution in [2.45, 2.75) is 45.8 Å². The number of carbonyl (C=O) groups excluding carboxylic acids is 1. The highest BCUT2D eigenvalue weighted by Crippen LogP contribution is 2.33. The van der Waals surface area contributed by atoms with Crippen LogP contribution in [0.1, 0.15) is 34.9 Å². The van der Waals surface area contributed by atoms with Gasteiger partial charge in [-0.15, -0.1) is 0 Å². The number of carbonyl (C=O) groups is 1. The largest absolute Gasteiger partial charge is 0.491 e. The molecule has 0 saturated carbocycles. The van der Waals surface area contributed by atoms with Crippen molar-refractivity contribution in [1.29, 1.82) is 0 Å². The molecule has 1 amide bonds. The molecular weight excluding hydrogens is 438 g/mol. The lowest BCUT2D eigenvalue weighted by molar-refractivity contribution is -0.117. The molecule has 1 aromatic heterocycles. The summed E-state index contributed by atoms with van der Waals surface area (Å²) in [4.78, 5) is 19.7. The Labute approximate surface area is 205 Å². The highest BCUT2D eigenvalue weighted by Gasteiger charge is 2.35. The number of aliphatic hydroxyl groups is 1. The van der Waals surface area contributed by atoms with Crippen molar-refractivity contribution >= 4 is 22.6 Å². The predicted molar refractivity (Wildman–Crippen MR) is 138 cm³/mol. The van der Waals surface area contributed by atoms with E-state index in [1.54, 1.807) is 0 Å². The molecule has 1 aliphatic heterocycles. The number of amides is 1. The summed E-state index contributed by atoms with van der Waals surface area (Å²) in [7, 11) is 0. The number of imidazole rings is 1. The van der Waals surface area contributed by atoms with E-state index in [0.717, 1.165) is 45.0 Å². The molecule has 6 heteroatoms. The van der Waals surface area contributed by atoms with E-state index < -0.39 is 6.10 Å². The second-order valence-electron chi connectivity index (χ2n) is 9.60. The number of hydrogen-bond donors (Lipinski definition) is 1. The number of hydrogen-bond acceptors (Lipinski definition) is 4. The number of rotatable bonds is 7. The molecule has 1 aliphatic rings. The summed E-state index contributed by atoms with van der Waals surface area (Å²) >= 11 is 0. The van der Waals surface area contributed by atoms with Crippen molar-refractivity contribution in [1.82, 2.24) is 9.55 Å². The van der Waals surface area contributed by atoms with Crippen LogP contribution in [0.5, 0.6) is 5.75 Å². The molecule has 4 aromatic rings. The molecule has 1 saturated heterocycles. The van der Waals surface area contributed by atoms with E-state index in [0.29, 0.717) is 19.5 Å². The van der Waals surface area contributed by atoms with Gasteiger partial charge >= 0.3 is 0 Å². The minimum absolute atomic E-state index is 0.0528. The summed E-state index contributed by atoms with van der Waals surface area (Å²) < 4.78 is 7.97. The SMILES string of the molecule is Cc1cc(C)cc(OCC(O)Cn2c(C3CC(=O)N(c4cccc(C)c4)C3)nc3ccccc32)c1. The van der Waals surface area contributed by atoms with Crippen LogP contribution in [0.4, 0.5) is 5.69 Å². The number of aromatic nitrogens is 2. The number of benzene rings is 3. The fraction of sp³-hybridized carbons (Fsp3) is 0.310. The first-order chi connectivity index (χ1) is 16.9. The molecular formula is C29H31N3O3. The summed E-state index contributed by atoms with van der Waals surface area (Å²) in [5.74, 6) is 1.63. The second-order valence-corrected chi connectivity index (χ2v) is 9.60. The normalized spacial score (nSPS) is 16.7. The Kier molecular flexibility index (Phi) is 6.31. The van der Waals surface area contributed by atoms with E-state index in [-0.39, 0.29) is 18.4 Å². The van der Waals surface area contributed by atoms with Crippen molar-refractivity contribution < 1.29 is 14.6 Å². The first kappa shape index (κ1) is 23.1. The number of para-hydroxylation sites is 2. The van der Waals surface area contributed by atoms with E-state index in [4.69, 9.17) is 9.72 Å². The molecule has 1 N–H and O–H groups in total. The number of fused-ring (bicyclic) bond motifs is 1. The fourth-order valence-electron chi connectivity index (χ4n) is 5.00. The molecule has 2 atom stereocenters. The van der Waals surface area contributed by atoms with Crippen LogP contribution in [0.3, 0.4) is 0 Å². The molecule has 2 heterocycles. The smallest absolute Gasteiger partial charge is 0.227 e. The van der Waals surface area contributed by atoms with Gasteiger partial charge in [0, 0.05) is 24.6 Å². The zero-order valence-electron chi connectivity index (χ0n) is 20.4. The molecule has 3 aromatic carbocycles. The van der Waals surface area contributed by atoms with Crippen molar-refractivity contribution in [3.8, 4) is 5.75 Å². The van der Waals surface area contributed by atoms with E-state index in [9.17, 15) is 9.90 Å². The third-order valence-corrected chi connectivity index (χ3v) is 6.52. The van der Waals surface area contributed by atoms with Crippen LogP contribution in [-0.4, -0.2) is 39.8 Å². The lowest BCUT2D eigenvalue weighted by Crippen LogP contribution is -2.26. The van der Waals surface area contributed by atoms with Gasteiger partial charge in [-0.25, -0.2) is 4.98 Å². The van der Waals surface area contributed by atoms with Crippen molar-refractivity contribution in [2.24, 2.45) is 0 Å². The molecule has 0 radical (unpaired) electrons. The van der Waals surface area contributed by atoms with Gasteiger partial charge in [-0.05, 0) is 73.9 Å². The average Bonchev–Trinajstić information content (AvgIpc) is 3.38. The number of anilines is 1. The van der Waals surface area contributed by atoms with Gasteiger partial charge in [-0.2, -0.15) is 0 Å². The first-order valence-electron chi connectivity index (χ1n) is 12.1. The number of nitrogens with zero attached hydrogens (tertiary/aromatic N) is 3. The zero-order chi connectivity index (χ0) is 24.5. The first-order valence-corrected chi connectivity index (χ1v) is 12.1. The Morgan fingerprint density at radius 1 is 1.00 bits per heavy atom. The molecule has 0 bridgehead atoms. The molecule has 1 fully saturated rings. The lowest BCUT2D eigenvalue weighted by atomic mass is 10.1. The minimum atomic E-state index is -0.725. The summed E-state index contributed by atoms with van der Waals surface area (Å²) in [6.45, 7) is 7.18. The van der Waals surface area contributed by atoms with E-state index in [2.05, 4.69) is 10.6 Å². The Morgan fingerprint density at radius 3 is 2.54 bits per heavy atom. The van der Waals surface area contributed by atoms with Crippen molar-refractivity contribution in [3.05, 3.63) is 89.2 Å². The van der Waals surface area contributed by atoms with E-state index in [1.807, 2.05) is 86.3 Å². The highest BCUT2D eigenvalue weighted by atomic mass is 16.5. The van der Waals surface area contributed by atoms with E-state index >= 15 is 0 Å². The standard InChI is InChI=1S/C29H31N3O3/c1-19-7-6-8-23(12-19)31-16-22(15-28(31)34)29-30-26-9-4-5-10-27(26)32(29)17-24(33)18-35-25-13-20(2)11-21(3)14-25/h4-14,22,24,33H,15-18H2,1-3H3. The monoisotopic (exact) mass is 469 g/mol. The summed E-state index contributed by atoms with van der Waals surface area (Å²) in [5, 5.41) is 10.9. The molecule has 6 nitrogen and oxygen atoms in total. The quantitative estimate of drug-likeness (QED) is 0.417. The predicted octanol–water partition coefficient (Wildman–Crippen LogP) is 4.92. The topological polar surface area (TPSA) is 67.6 Å². The van der Waals surface area contributed by atoms with Crippen molar-refractivity contribution in [2.75, 3.05) is 18.1 Å². The molecule has 0 spiro atoms. The second kappa shape index (κ2) is 9.55. The molecule has 35 heavy (non-hydrogen) atoms. The Morgan fingerprint density at radius 2 is 1.77 bits per heavy atom. The van der Waals surface area contributed by atoms with Crippen molar-refractivity contribution in [3.63, 3.8) is 0 Å². The van der Waals surface area contributed by atoms with Gasteiger partial charge in [-0.3, -0.25) is 4.79 Å². The Hall–Kier alpha value is -3.64. The van der Waals surface area contributed by atoms with Gasteiger partial charge in [0.05, 0.1) is 17.6 Å². The van der Waals surface area contributed by atoms with E-state index in [1.165, 1.54) is 0 Å². The third kappa shape index (κ3) is 4.93. The van der Waals surface area contributed by atoms with Gasteiger partial charge < -0.3 is 19.3 Å². The number of ether oxygens (including phenoxy) is 1. The van der Waals surface area contributed by atoms with Crippen LogP contribution < -0.4 is 9.64 Å². The van der Waals surface area contributed by atoms with Crippen LogP contribution in [0.15, 0.2) is 66.7 Å². The van der Waals surface area contributed by atoms with Gasteiger partial charge in [-0.1, -0.05) is 30.3 Å². The van der Waals surface area contributed by atoms with Crippen LogP contribution in [0, 0.1) is 20.8 Å². The molecule has 2 unspecified atom stereocenters. The maximum Gasteiger partial charge on any atom is 0.227 e. The zero-order valence-corrected chi connectivity index (χ0v) is 20.4. The summed E-state index contributed by atoms with van der Waals surface area (Å²) in [6, 6.07) is 22.0. The van der Waals surface area contributed by atoms with Gasteiger partial charge in [0.25, 0.3) is 0 Å².